The maximum atomic E-state index is 12.6. The van der Waals surface area contributed by atoms with Crippen LogP contribution in [-0.2, 0) is 0 Å². The smallest absolute Gasteiger partial charge is 0.255 e. The molecular weight excluding hydrogens is 499 g/mol. The van der Waals surface area contributed by atoms with Crippen LogP contribution in [-0.4, -0.2) is 53.9 Å². The number of likely N-dealkylation sites (tertiary alicyclic amines) is 1. The van der Waals surface area contributed by atoms with Gasteiger partial charge in [-0.3, -0.25) is 4.79 Å². The van der Waals surface area contributed by atoms with Gasteiger partial charge in [0.15, 0.2) is 0 Å². The Morgan fingerprint density at radius 3 is 2.44 bits per heavy atom. The van der Waals surface area contributed by atoms with Gasteiger partial charge in [0.05, 0.1) is 15.7 Å². The molecule has 1 aliphatic heterocycles. The van der Waals surface area contributed by atoms with Gasteiger partial charge in [0, 0.05) is 31.3 Å². The van der Waals surface area contributed by atoms with Crippen molar-refractivity contribution < 1.29 is 19.4 Å². The Bertz CT molecular complexity index is 1170. The summed E-state index contributed by atoms with van der Waals surface area (Å²) in [7, 11) is 0. The van der Waals surface area contributed by atoms with Crippen LogP contribution < -0.4 is 14.8 Å². The van der Waals surface area contributed by atoms with E-state index in [2.05, 4.69) is 10.2 Å². The molecule has 1 heterocycles. The summed E-state index contributed by atoms with van der Waals surface area (Å²) in [6, 6.07) is 21.5. The van der Waals surface area contributed by atoms with Crippen LogP contribution in [0.3, 0.4) is 0 Å². The molecule has 0 bridgehead atoms. The van der Waals surface area contributed by atoms with Gasteiger partial charge in [-0.05, 0) is 56.2 Å². The molecule has 36 heavy (non-hydrogen) atoms. The second kappa shape index (κ2) is 12.0. The lowest BCUT2D eigenvalue weighted by Gasteiger charge is -2.36. The highest BCUT2D eigenvalue weighted by Crippen LogP contribution is 2.29. The van der Waals surface area contributed by atoms with Crippen molar-refractivity contribution in [3.63, 3.8) is 0 Å². The summed E-state index contributed by atoms with van der Waals surface area (Å²) in [5.41, 5.74) is 0.0433. The monoisotopic (exact) mass is 528 g/mol. The number of anilines is 1. The number of carbonyl (C=O) groups excluding carboxylic acids is 1. The fourth-order valence-electron chi connectivity index (χ4n) is 4.17. The highest BCUT2D eigenvalue weighted by molar-refractivity contribution is 6.42. The highest BCUT2D eigenvalue weighted by atomic mass is 35.5. The van der Waals surface area contributed by atoms with Gasteiger partial charge in [0.1, 0.15) is 29.8 Å². The normalized spacial score (nSPS) is 16.2. The van der Waals surface area contributed by atoms with Crippen molar-refractivity contribution in [1.82, 2.24) is 4.90 Å². The van der Waals surface area contributed by atoms with Crippen LogP contribution in [0, 0.1) is 0 Å². The number of nitrogens with one attached hydrogen (secondary N) is 1. The maximum absolute atomic E-state index is 12.6. The molecule has 1 aliphatic rings. The zero-order valence-corrected chi connectivity index (χ0v) is 21.6. The van der Waals surface area contributed by atoms with Gasteiger partial charge in [0.25, 0.3) is 5.91 Å². The van der Waals surface area contributed by atoms with Crippen LogP contribution in [0.25, 0.3) is 0 Å². The van der Waals surface area contributed by atoms with Crippen LogP contribution in [0.4, 0.5) is 5.69 Å². The molecule has 0 aromatic heterocycles. The summed E-state index contributed by atoms with van der Waals surface area (Å²) in [5, 5.41) is 14.9. The molecule has 1 fully saturated rings. The summed E-state index contributed by atoms with van der Waals surface area (Å²) >= 11 is 12.1. The number of amides is 1. The second-order valence-electron chi connectivity index (χ2n) is 9.27. The van der Waals surface area contributed by atoms with Crippen molar-refractivity contribution in [2.45, 2.75) is 31.5 Å². The van der Waals surface area contributed by atoms with E-state index >= 15 is 0 Å². The number of ether oxygens (including phenoxy) is 2. The fraction of sp³-hybridized carbons (Fsp3) is 0.321. The molecular formula is C28H30Cl2N2O4. The number of halogens is 2. The van der Waals surface area contributed by atoms with Crippen molar-refractivity contribution in [2.24, 2.45) is 0 Å². The lowest BCUT2D eigenvalue weighted by atomic mass is 10.0. The first kappa shape index (κ1) is 26.3. The van der Waals surface area contributed by atoms with E-state index < -0.39 is 5.60 Å². The van der Waals surface area contributed by atoms with Crippen LogP contribution >= 0.6 is 23.2 Å². The molecule has 3 aromatic carbocycles. The summed E-state index contributed by atoms with van der Waals surface area (Å²) in [5.74, 6) is 1.00. The Labute approximate surface area is 221 Å². The Morgan fingerprint density at radius 2 is 1.72 bits per heavy atom. The predicted octanol–water partition coefficient (Wildman–Crippen LogP) is 5.92. The molecule has 0 spiro atoms. The zero-order valence-electron chi connectivity index (χ0n) is 20.1. The van der Waals surface area contributed by atoms with E-state index in [9.17, 15) is 9.90 Å². The van der Waals surface area contributed by atoms with Crippen LogP contribution in [0.5, 0.6) is 11.5 Å². The number of benzene rings is 3. The Kier molecular flexibility index (Phi) is 8.75. The number of aliphatic hydroxyl groups is 1. The molecule has 2 N–H and O–H groups in total. The summed E-state index contributed by atoms with van der Waals surface area (Å²) in [6.07, 6.45) is 1.76. The highest BCUT2D eigenvalue weighted by Gasteiger charge is 2.29. The number of rotatable bonds is 9. The van der Waals surface area contributed by atoms with Gasteiger partial charge >= 0.3 is 0 Å². The van der Waals surface area contributed by atoms with Crippen molar-refractivity contribution in [3.8, 4) is 11.5 Å². The molecule has 4 rings (SSSR count). The zero-order chi connectivity index (χ0) is 25.5. The average Bonchev–Trinajstić information content (AvgIpc) is 2.87. The van der Waals surface area contributed by atoms with E-state index in [1.54, 1.807) is 43.3 Å². The molecule has 1 unspecified atom stereocenters. The van der Waals surface area contributed by atoms with Crippen LogP contribution in [0.15, 0.2) is 72.8 Å². The van der Waals surface area contributed by atoms with Crippen molar-refractivity contribution in [1.29, 1.82) is 0 Å². The SMILES string of the molecule is CC(O)(COc1ccccc1NC(=O)c1ccccc1)CN1CCC(Oc2ccc(Cl)c(Cl)c2)CC1. The summed E-state index contributed by atoms with van der Waals surface area (Å²) in [6.45, 7) is 3.91. The minimum Gasteiger partial charge on any atom is -0.490 e. The number of carbonyl (C=O) groups is 1. The van der Waals surface area contributed by atoms with E-state index in [1.165, 1.54) is 0 Å². The molecule has 0 saturated carbocycles. The molecule has 1 amide bonds. The van der Waals surface area contributed by atoms with E-state index in [0.29, 0.717) is 39.3 Å². The second-order valence-corrected chi connectivity index (χ2v) is 10.1. The molecule has 190 valence electrons. The molecule has 6 nitrogen and oxygen atoms in total. The van der Waals surface area contributed by atoms with Gasteiger partial charge in [0.2, 0.25) is 0 Å². The molecule has 0 radical (unpaired) electrons. The Morgan fingerprint density at radius 1 is 1.03 bits per heavy atom. The molecule has 1 atom stereocenters. The van der Waals surface area contributed by atoms with Crippen LogP contribution in [0.2, 0.25) is 10.0 Å². The molecule has 3 aromatic rings. The third-order valence-corrected chi connectivity index (χ3v) is 6.74. The molecule has 8 heteroatoms. The first-order valence-electron chi connectivity index (χ1n) is 11.9. The predicted molar refractivity (Wildman–Crippen MR) is 144 cm³/mol. The third kappa shape index (κ3) is 7.37. The quantitative estimate of drug-likeness (QED) is 0.360. The van der Waals surface area contributed by atoms with Crippen molar-refractivity contribution in [3.05, 3.63) is 88.4 Å². The first-order valence-corrected chi connectivity index (χ1v) is 12.7. The fourth-order valence-corrected chi connectivity index (χ4v) is 4.46. The largest absolute Gasteiger partial charge is 0.490 e. The van der Waals surface area contributed by atoms with E-state index in [4.69, 9.17) is 32.7 Å². The number of nitrogens with zero attached hydrogens (tertiary/aromatic N) is 1. The van der Waals surface area contributed by atoms with Gasteiger partial charge in [-0.1, -0.05) is 53.5 Å². The minimum atomic E-state index is -1.08. The number of β-amino-alcohol motifs (C(OH)–C–C–N with tert-alkyl or cyclic N) is 1. The number of hydrogen-bond donors (Lipinski definition) is 2. The van der Waals surface area contributed by atoms with Crippen molar-refractivity contribution in [2.75, 3.05) is 31.6 Å². The maximum Gasteiger partial charge on any atom is 0.255 e. The lowest BCUT2D eigenvalue weighted by molar-refractivity contribution is -0.0282. The standard InChI is InChI=1S/C28H30Cl2N2O4/c1-28(34,18-32-15-13-21(14-16-32)36-22-11-12-23(29)24(30)17-22)19-35-26-10-6-5-9-25(26)31-27(33)20-7-3-2-4-8-20/h2-12,17,21,34H,13-16,18-19H2,1H3,(H,31,33). The van der Waals surface area contributed by atoms with E-state index in [-0.39, 0.29) is 18.6 Å². The lowest BCUT2D eigenvalue weighted by Crippen LogP contribution is -2.48. The summed E-state index contributed by atoms with van der Waals surface area (Å²) in [4.78, 5) is 14.8. The Balaban J connectivity index is 1.26. The first-order chi connectivity index (χ1) is 17.3. The van der Waals surface area contributed by atoms with Gasteiger partial charge in [-0.15, -0.1) is 0 Å². The van der Waals surface area contributed by atoms with Crippen molar-refractivity contribution >= 4 is 34.8 Å². The van der Waals surface area contributed by atoms with E-state index in [1.807, 2.05) is 36.4 Å². The Hall–Kier alpha value is -2.77. The molecule has 1 saturated heterocycles. The topological polar surface area (TPSA) is 71.0 Å². The number of para-hydroxylation sites is 2. The number of piperidine rings is 1. The van der Waals surface area contributed by atoms with Crippen LogP contribution in [0.1, 0.15) is 30.1 Å². The third-order valence-electron chi connectivity index (χ3n) is 6.00. The van der Waals surface area contributed by atoms with Gasteiger partial charge in [-0.2, -0.15) is 0 Å². The minimum absolute atomic E-state index is 0.0831. The molecule has 0 aliphatic carbocycles. The van der Waals surface area contributed by atoms with Gasteiger partial charge in [-0.25, -0.2) is 0 Å². The average molecular weight is 529 g/mol. The van der Waals surface area contributed by atoms with Gasteiger partial charge < -0.3 is 24.8 Å². The summed E-state index contributed by atoms with van der Waals surface area (Å²) < 4.78 is 12.0. The van der Waals surface area contributed by atoms with E-state index in [0.717, 1.165) is 25.9 Å². The number of hydrogen-bond acceptors (Lipinski definition) is 5.